The molecule has 30 heavy (non-hydrogen) atoms. The minimum absolute atomic E-state index is 0.324. The van der Waals surface area contributed by atoms with Crippen LogP contribution < -0.4 is 9.47 Å². The van der Waals surface area contributed by atoms with Gasteiger partial charge in [-0.15, -0.1) is 0 Å². The van der Waals surface area contributed by atoms with Crippen molar-refractivity contribution in [1.29, 1.82) is 5.26 Å². The summed E-state index contributed by atoms with van der Waals surface area (Å²) in [6.07, 6.45) is 0. The number of hydrogen-bond acceptors (Lipinski definition) is 5. The number of nitrogens with zero attached hydrogens (tertiary/aromatic N) is 1. The zero-order valence-electron chi connectivity index (χ0n) is 16.5. The Labute approximate surface area is 174 Å². The van der Waals surface area contributed by atoms with Gasteiger partial charge in [0.25, 0.3) is 5.79 Å². The minimum atomic E-state index is -0.440. The van der Waals surface area contributed by atoms with E-state index >= 15 is 0 Å². The molecule has 8 unspecified atom stereocenters. The molecule has 0 radical (unpaired) electrons. The molecule has 4 bridgehead atoms. The molecule has 0 aromatic heterocycles. The number of hydrogen-bond donors (Lipinski definition) is 0. The second kappa shape index (κ2) is 4.28. The molecular weight excluding hydrogens is 378 g/mol. The lowest BCUT2D eigenvalue weighted by Crippen LogP contribution is -2.46. The highest BCUT2D eigenvalue weighted by atomic mass is 16.7. The average molecular weight is 399 g/mol. The van der Waals surface area contributed by atoms with Crippen LogP contribution in [-0.4, -0.2) is 18.4 Å². The molecule has 150 valence electrons. The van der Waals surface area contributed by atoms with Crippen LogP contribution in [-0.2, 0) is 9.53 Å². The van der Waals surface area contributed by atoms with Gasteiger partial charge in [0.15, 0.2) is 11.5 Å². The van der Waals surface area contributed by atoms with Crippen molar-refractivity contribution in [3.05, 3.63) is 35.4 Å². The predicted molar refractivity (Wildman–Crippen MR) is 102 cm³/mol. The summed E-state index contributed by atoms with van der Waals surface area (Å²) >= 11 is 0. The maximum atomic E-state index is 12.6. The summed E-state index contributed by atoms with van der Waals surface area (Å²) in [4.78, 5) is 12.6. The summed E-state index contributed by atoms with van der Waals surface area (Å²) in [6.45, 7) is 2.13. The van der Waals surface area contributed by atoms with Gasteiger partial charge >= 0.3 is 5.97 Å². The first-order valence-electron chi connectivity index (χ1n) is 11.5. The number of carbonyl (C=O) groups excluding carboxylic acids is 1. The van der Waals surface area contributed by atoms with Crippen molar-refractivity contribution in [2.45, 2.75) is 12.7 Å². The first-order chi connectivity index (χ1) is 14.7. The number of rotatable bonds is 2. The molecule has 8 aliphatic carbocycles. The Bertz CT molecular complexity index is 1060. The van der Waals surface area contributed by atoms with Gasteiger partial charge in [0.05, 0.1) is 6.61 Å². The largest absolute Gasteiger partial charge is 0.462 e. The molecule has 1 aromatic carbocycles. The smallest absolute Gasteiger partial charge is 0.348 e. The fourth-order valence-electron chi connectivity index (χ4n) is 11.3. The number of benzene rings is 1. The summed E-state index contributed by atoms with van der Waals surface area (Å²) in [5.74, 6) is 7.86. The molecule has 1 heterocycles. The molecule has 1 spiro atoms. The quantitative estimate of drug-likeness (QED) is 0.434. The molecule has 0 amide bonds. The van der Waals surface area contributed by atoms with Gasteiger partial charge in [0.2, 0.25) is 0 Å². The number of nitriles is 1. The van der Waals surface area contributed by atoms with E-state index in [-0.39, 0.29) is 0 Å². The van der Waals surface area contributed by atoms with Crippen LogP contribution in [0.5, 0.6) is 11.5 Å². The third-order valence-corrected chi connectivity index (χ3v) is 10.8. The van der Waals surface area contributed by atoms with Crippen LogP contribution in [0.2, 0.25) is 0 Å². The van der Waals surface area contributed by atoms with Crippen LogP contribution in [0.25, 0.3) is 0 Å². The van der Waals surface area contributed by atoms with E-state index in [4.69, 9.17) is 14.2 Å². The van der Waals surface area contributed by atoms with Gasteiger partial charge in [-0.05, 0) is 83.8 Å². The summed E-state index contributed by atoms with van der Waals surface area (Å²) < 4.78 is 18.7. The first kappa shape index (κ1) is 15.3. The molecule has 5 nitrogen and oxygen atoms in total. The van der Waals surface area contributed by atoms with Crippen molar-refractivity contribution in [3.63, 3.8) is 0 Å². The topological polar surface area (TPSA) is 68.6 Å². The molecule has 8 fully saturated rings. The SMILES string of the molecule is CCOC(=O)C(C#N)=C1C2C3C4C1C1C2C2C3C3C4C1C2C31Oc2ccccc2O1. The van der Waals surface area contributed by atoms with Gasteiger partial charge in [0.1, 0.15) is 11.6 Å². The molecule has 8 saturated carbocycles. The van der Waals surface area contributed by atoms with E-state index in [0.717, 1.165) is 11.5 Å². The van der Waals surface area contributed by atoms with Crippen molar-refractivity contribution in [2.24, 2.45) is 71.0 Å². The van der Waals surface area contributed by atoms with Crippen LogP contribution in [0.1, 0.15) is 6.92 Å². The van der Waals surface area contributed by atoms with Crippen LogP contribution in [0.15, 0.2) is 35.4 Å². The lowest BCUT2D eigenvalue weighted by atomic mass is 9.80. The van der Waals surface area contributed by atoms with Crippen LogP contribution in [0.3, 0.4) is 0 Å². The Morgan fingerprint density at radius 3 is 1.90 bits per heavy atom. The second-order valence-corrected chi connectivity index (χ2v) is 10.8. The summed E-state index contributed by atoms with van der Waals surface area (Å²) in [5.41, 5.74) is 1.55. The Balaban J connectivity index is 1.20. The molecule has 8 atom stereocenters. The third kappa shape index (κ3) is 1.15. The molecule has 0 N–H and O–H groups in total. The third-order valence-electron chi connectivity index (χ3n) is 10.8. The van der Waals surface area contributed by atoms with Crippen molar-refractivity contribution < 1.29 is 19.0 Å². The fourth-order valence-corrected chi connectivity index (χ4v) is 11.3. The second-order valence-electron chi connectivity index (χ2n) is 10.8. The van der Waals surface area contributed by atoms with E-state index in [1.54, 1.807) is 0 Å². The first-order valence-corrected chi connectivity index (χ1v) is 11.5. The fraction of sp³-hybridized carbons (Fsp3) is 0.600. The maximum absolute atomic E-state index is 12.6. The minimum Gasteiger partial charge on any atom is -0.462 e. The van der Waals surface area contributed by atoms with E-state index < -0.39 is 11.8 Å². The van der Waals surface area contributed by atoms with E-state index in [1.807, 2.05) is 31.2 Å². The van der Waals surface area contributed by atoms with E-state index in [2.05, 4.69) is 6.07 Å². The normalized spacial score (nSPS) is 53.1. The average Bonchev–Trinajstić information content (AvgIpc) is 3.51. The zero-order valence-corrected chi connectivity index (χ0v) is 16.5. The molecule has 1 aliphatic heterocycles. The van der Waals surface area contributed by atoms with Crippen molar-refractivity contribution >= 4 is 5.97 Å². The highest BCUT2D eigenvalue weighted by molar-refractivity contribution is 5.94. The van der Waals surface area contributed by atoms with E-state index in [9.17, 15) is 10.1 Å². The summed E-state index contributed by atoms with van der Waals surface area (Å²) in [7, 11) is 0. The Morgan fingerprint density at radius 1 is 0.967 bits per heavy atom. The molecule has 10 rings (SSSR count). The molecular formula is C25H21NO4. The standard InChI is InChI=1S/C25H21NO4/c1-2-28-24(27)8(7-26)11-12-14-16-13(11)17-15(12)19-18(14)22-20(16)21(17)23(19)25(22)29-9-5-3-4-6-10(9)30-25/h3-6,12-23H,2H2,1H3. The molecule has 9 aliphatic rings. The Hall–Kier alpha value is -2.48. The summed E-state index contributed by atoms with van der Waals surface area (Å²) in [5, 5.41) is 9.87. The lowest BCUT2D eigenvalue weighted by Gasteiger charge is -2.30. The van der Waals surface area contributed by atoms with Crippen LogP contribution in [0, 0.1) is 82.3 Å². The van der Waals surface area contributed by atoms with Gasteiger partial charge in [-0.1, -0.05) is 12.1 Å². The number of carbonyl (C=O) groups is 1. The van der Waals surface area contributed by atoms with Crippen molar-refractivity contribution in [2.75, 3.05) is 6.61 Å². The number of esters is 1. The molecule has 5 heteroatoms. The lowest BCUT2D eigenvalue weighted by molar-refractivity contribution is -0.138. The maximum Gasteiger partial charge on any atom is 0.348 e. The van der Waals surface area contributed by atoms with Crippen molar-refractivity contribution in [3.8, 4) is 17.6 Å². The van der Waals surface area contributed by atoms with E-state index in [0.29, 0.717) is 83.2 Å². The number of para-hydroxylation sites is 2. The van der Waals surface area contributed by atoms with Crippen molar-refractivity contribution in [1.82, 2.24) is 0 Å². The van der Waals surface area contributed by atoms with Gasteiger partial charge < -0.3 is 14.2 Å². The van der Waals surface area contributed by atoms with Gasteiger partial charge in [-0.2, -0.15) is 5.26 Å². The number of allylic oxidation sites excluding steroid dienone is 1. The highest BCUT2D eigenvalue weighted by Crippen LogP contribution is 2.95. The molecule has 1 aromatic rings. The molecule has 0 saturated heterocycles. The monoisotopic (exact) mass is 399 g/mol. The van der Waals surface area contributed by atoms with Crippen LogP contribution in [0.4, 0.5) is 0 Å². The Morgan fingerprint density at radius 2 is 1.47 bits per heavy atom. The predicted octanol–water partition coefficient (Wildman–Crippen LogP) is 3.03. The van der Waals surface area contributed by atoms with Gasteiger partial charge in [-0.3, -0.25) is 0 Å². The van der Waals surface area contributed by atoms with Gasteiger partial charge in [0, 0.05) is 11.8 Å². The number of ether oxygens (including phenoxy) is 3. The zero-order chi connectivity index (χ0) is 19.7. The number of fused-ring (bicyclic) bond motifs is 1. The highest BCUT2D eigenvalue weighted by Gasteiger charge is 2.97. The van der Waals surface area contributed by atoms with Gasteiger partial charge in [-0.25, -0.2) is 4.79 Å². The summed E-state index contributed by atoms with van der Waals surface area (Å²) in [6, 6.07) is 10.4. The van der Waals surface area contributed by atoms with E-state index in [1.165, 1.54) is 5.57 Å². The van der Waals surface area contributed by atoms with Crippen LogP contribution >= 0.6 is 0 Å². The Kier molecular flexibility index (Phi) is 2.19.